The van der Waals surface area contributed by atoms with Crippen molar-refractivity contribution < 1.29 is 17.9 Å². The number of methoxy groups -OCH3 is 1. The van der Waals surface area contributed by atoms with Gasteiger partial charge in [-0.05, 0) is 55.2 Å². The summed E-state index contributed by atoms with van der Waals surface area (Å²) in [4.78, 5) is 4.55. The Bertz CT molecular complexity index is 941. The minimum Gasteiger partial charge on any atom is -0.493 e. The first-order valence-electron chi connectivity index (χ1n) is 9.90. The van der Waals surface area contributed by atoms with Crippen LogP contribution in [0.4, 0.5) is 0 Å². The van der Waals surface area contributed by atoms with E-state index in [0.717, 1.165) is 36.4 Å². The average Bonchev–Trinajstić information content (AvgIpc) is 2.73. The molecule has 0 saturated carbocycles. The molecule has 0 bridgehead atoms. The van der Waals surface area contributed by atoms with Crippen molar-refractivity contribution in [2.24, 2.45) is 4.99 Å². The molecule has 2 N–H and O–H groups in total. The Labute approximate surface area is 179 Å². The highest BCUT2D eigenvalue weighted by molar-refractivity contribution is 7.90. The lowest BCUT2D eigenvalue weighted by Gasteiger charge is -2.13. The SMILES string of the molecule is CCOc1cc(CCCNC(=NC)NCc2ccc(S(C)(=O)=O)cc2)ccc1OC. The second-order valence-electron chi connectivity index (χ2n) is 6.79. The summed E-state index contributed by atoms with van der Waals surface area (Å²) in [6.45, 7) is 3.87. The van der Waals surface area contributed by atoms with Crippen LogP contribution < -0.4 is 20.1 Å². The Morgan fingerprint density at radius 2 is 1.73 bits per heavy atom. The van der Waals surface area contributed by atoms with Crippen molar-refractivity contribution in [3.05, 3.63) is 53.6 Å². The van der Waals surface area contributed by atoms with Crippen molar-refractivity contribution in [3.63, 3.8) is 0 Å². The van der Waals surface area contributed by atoms with Gasteiger partial charge < -0.3 is 20.1 Å². The highest BCUT2D eigenvalue weighted by Crippen LogP contribution is 2.28. The normalized spacial score (nSPS) is 11.8. The molecule has 0 heterocycles. The van der Waals surface area contributed by atoms with Gasteiger partial charge in [-0.1, -0.05) is 18.2 Å². The molecule has 30 heavy (non-hydrogen) atoms. The van der Waals surface area contributed by atoms with Gasteiger partial charge in [-0.3, -0.25) is 4.99 Å². The molecule has 0 fully saturated rings. The van der Waals surface area contributed by atoms with Crippen molar-refractivity contribution in [1.82, 2.24) is 10.6 Å². The molecule has 2 rings (SSSR count). The second kappa shape index (κ2) is 11.4. The predicted octanol–water partition coefficient (Wildman–Crippen LogP) is 2.80. The van der Waals surface area contributed by atoms with Gasteiger partial charge in [-0.15, -0.1) is 0 Å². The summed E-state index contributed by atoms with van der Waals surface area (Å²) in [5, 5.41) is 6.53. The third kappa shape index (κ3) is 7.26. The van der Waals surface area contributed by atoms with Crippen LogP contribution in [-0.4, -0.2) is 47.9 Å². The fourth-order valence-corrected chi connectivity index (χ4v) is 3.54. The van der Waals surface area contributed by atoms with Crippen LogP contribution in [0.15, 0.2) is 52.4 Å². The molecule has 0 atom stereocenters. The van der Waals surface area contributed by atoms with E-state index in [9.17, 15) is 8.42 Å². The molecule has 0 aliphatic heterocycles. The molecular formula is C22H31N3O4S. The number of rotatable bonds is 10. The Kier molecular flexibility index (Phi) is 8.98. The van der Waals surface area contributed by atoms with Crippen molar-refractivity contribution in [1.29, 1.82) is 0 Å². The number of guanidine groups is 1. The molecule has 0 aliphatic rings. The van der Waals surface area contributed by atoms with E-state index in [2.05, 4.69) is 21.7 Å². The average molecular weight is 434 g/mol. The first-order valence-corrected chi connectivity index (χ1v) is 11.8. The van der Waals surface area contributed by atoms with Gasteiger partial charge in [0.25, 0.3) is 0 Å². The maximum atomic E-state index is 11.5. The number of nitrogens with one attached hydrogen (secondary N) is 2. The van der Waals surface area contributed by atoms with Crippen molar-refractivity contribution in [2.75, 3.05) is 33.6 Å². The first-order chi connectivity index (χ1) is 14.4. The van der Waals surface area contributed by atoms with Gasteiger partial charge in [0.05, 0.1) is 18.6 Å². The van der Waals surface area contributed by atoms with Gasteiger partial charge in [0, 0.05) is 26.4 Å². The van der Waals surface area contributed by atoms with Crippen molar-refractivity contribution >= 4 is 15.8 Å². The number of aryl methyl sites for hydroxylation is 1. The van der Waals surface area contributed by atoms with Crippen molar-refractivity contribution in [2.45, 2.75) is 31.2 Å². The third-order valence-corrected chi connectivity index (χ3v) is 5.63. The number of ether oxygens (including phenoxy) is 2. The van der Waals surface area contributed by atoms with Crippen molar-refractivity contribution in [3.8, 4) is 11.5 Å². The molecule has 0 saturated heterocycles. The van der Waals surface area contributed by atoms with E-state index in [0.29, 0.717) is 24.0 Å². The lowest BCUT2D eigenvalue weighted by atomic mass is 10.1. The van der Waals surface area contributed by atoms with E-state index in [1.165, 1.54) is 11.8 Å². The fraction of sp³-hybridized carbons (Fsp3) is 0.409. The number of hydrogen-bond donors (Lipinski definition) is 2. The highest BCUT2D eigenvalue weighted by atomic mass is 32.2. The molecule has 164 valence electrons. The third-order valence-electron chi connectivity index (χ3n) is 4.50. The predicted molar refractivity (Wildman–Crippen MR) is 120 cm³/mol. The van der Waals surface area contributed by atoms with Crippen LogP contribution in [0.1, 0.15) is 24.5 Å². The highest BCUT2D eigenvalue weighted by Gasteiger charge is 2.07. The molecule has 8 heteroatoms. The molecular weight excluding hydrogens is 402 g/mol. The van der Waals surface area contributed by atoms with Gasteiger partial charge >= 0.3 is 0 Å². The molecule has 7 nitrogen and oxygen atoms in total. The minimum atomic E-state index is -3.17. The van der Waals surface area contributed by atoms with E-state index in [4.69, 9.17) is 9.47 Å². The summed E-state index contributed by atoms with van der Waals surface area (Å²) in [5.74, 6) is 2.21. The summed E-state index contributed by atoms with van der Waals surface area (Å²) in [7, 11) is 0.186. The van der Waals surface area contributed by atoms with E-state index >= 15 is 0 Å². The van der Waals surface area contributed by atoms with Crippen LogP contribution in [0, 0.1) is 0 Å². The van der Waals surface area contributed by atoms with E-state index in [1.807, 2.05) is 19.1 Å². The monoisotopic (exact) mass is 433 g/mol. The minimum absolute atomic E-state index is 0.319. The van der Waals surface area contributed by atoms with Crippen LogP contribution in [0.2, 0.25) is 0 Å². The van der Waals surface area contributed by atoms with E-state index < -0.39 is 9.84 Å². The van der Waals surface area contributed by atoms with Gasteiger partial charge in [-0.2, -0.15) is 0 Å². The smallest absolute Gasteiger partial charge is 0.191 e. The second-order valence-corrected chi connectivity index (χ2v) is 8.81. The Hall–Kier alpha value is -2.74. The van der Waals surface area contributed by atoms with Crippen LogP contribution in [-0.2, 0) is 22.8 Å². The van der Waals surface area contributed by atoms with Gasteiger partial charge in [0.1, 0.15) is 0 Å². The standard InChI is InChI=1S/C22H31N3O4S/c1-5-29-21-15-17(10-13-20(21)28-3)7-6-14-24-22(23-2)25-16-18-8-11-19(12-9-18)30(4,26)27/h8-13,15H,5-7,14,16H2,1-4H3,(H2,23,24,25). The molecule has 2 aromatic rings. The molecule has 0 amide bonds. The van der Waals surface area contributed by atoms with Crippen LogP contribution in [0.5, 0.6) is 11.5 Å². The summed E-state index contributed by atoms with van der Waals surface area (Å²) in [6, 6.07) is 12.8. The fourth-order valence-electron chi connectivity index (χ4n) is 2.91. The van der Waals surface area contributed by atoms with Crippen LogP contribution in [0.25, 0.3) is 0 Å². The lowest BCUT2D eigenvalue weighted by molar-refractivity contribution is 0.310. The molecule has 0 radical (unpaired) electrons. The molecule has 2 aromatic carbocycles. The van der Waals surface area contributed by atoms with Gasteiger partial charge in [-0.25, -0.2) is 8.42 Å². The number of nitrogens with zero attached hydrogens (tertiary/aromatic N) is 1. The van der Waals surface area contributed by atoms with E-state index in [1.54, 1.807) is 38.4 Å². The first kappa shape index (κ1) is 23.5. The molecule has 0 aromatic heterocycles. The zero-order valence-electron chi connectivity index (χ0n) is 18.1. The number of hydrogen-bond acceptors (Lipinski definition) is 5. The maximum absolute atomic E-state index is 11.5. The number of aliphatic imine (C=N–C) groups is 1. The maximum Gasteiger partial charge on any atom is 0.191 e. The summed E-state index contributed by atoms with van der Waals surface area (Å²) in [6.07, 6.45) is 3.04. The Morgan fingerprint density at radius 3 is 2.33 bits per heavy atom. The number of sulfone groups is 1. The van der Waals surface area contributed by atoms with Gasteiger partial charge in [0.15, 0.2) is 27.3 Å². The quantitative estimate of drug-likeness (QED) is 0.340. The molecule has 0 spiro atoms. The topological polar surface area (TPSA) is 89.0 Å². The molecule has 0 unspecified atom stereocenters. The van der Waals surface area contributed by atoms with Crippen LogP contribution >= 0.6 is 0 Å². The Balaban J connectivity index is 1.79. The van der Waals surface area contributed by atoms with Gasteiger partial charge in [0.2, 0.25) is 0 Å². The zero-order chi connectivity index (χ0) is 22.0. The zero-order valence-corrected chi connectivity index (χ0v) is 18.9. The summed E-state index contributed by atoms with van der Waals surface area (Å²) < 4.78 is 34.0. The van der Waals surface area contributed by atoms with E-state index in [-0.39, 0.29) is 0 Å². The largest absolute Gasteiger partial charge is 0.493 e. The number of benzene rings is 2. The lowest BCUT2D eigenvalue weighted by Crippen LogP contribution is -2.37. The van der Waals surface area contributed by atoms with Crippen LogP contribution in [0.3, 0.4) is 0 Å². The Morgan fingerprint density at radius 1 is 1.03 bits per heavy atom. The molecule has 0 aliphatic carbocycles. The summed E-state index contributed by atoms with van der Waals surface area (Å²) >= 11 is 0. The summed E-state index contributed by atoms with van der Waals surface area (Å²) in [5.41, 5.74) is 2.17.